The van der Waals surface area contributed by atoms with Crippen LogP contribution in [-0.2, 0) is 6.42 Å². The van der Waals surface area contributed by atoms with Crippen LogP contribution in [0.25, 0.3) is 0 Å². The first-order chi connectivity index (χ1) is 11.2. The predicted octanol–water partition coefficient (Wildman–Crippen LogP) is 3.30. The predicted molar refractivity (Wildman–Crippen MR) is 93.3 cm³/mol. The first-order valence-electron chi connectivity index (χ1n) is 8.02. The number of Topliss-reactive ketones (excluding diaryl/α,β-unsaturated/α-hetero) is 1. The second-order valence-electron chi connectivity index (χ2n) is 5.84. The third-order valence-electron chi connectivity index (χ3n) is 4.27. The van der Waals surface area contributed by atoms with E-state index in [-0.39, 0.29) is 5.78 Å². The van der Waals surface area contributed by atoms with Crippen LogP contribution in [0, 0.1) is 0 Å². The second-order valence-corrected chi connectivity index (χ2v) is 5.84. The molecule has 23 heavy (non-hydrogen) atoms. The van der Waals surface area contributed by atoms with Crippen molar-refractivity contribution in [2.75, 3.05) is 30.3 Å². The van der Waals surface area contributed by atoms with E-state index in [0.717, 1.165) is 31.6 Å². The monoisotopic (exact) mass is 310 g/mol. The van der Waals surface area contributed by atoms with Crippen molar-refractivity contribution in [3.05, 3.63) is 53.6 Å². The summed E-state index contributed by atoms with van der Waals surface area (Å²) in [5.41, 5.74) is 10.0. The number of para-hydroxylation sites is 1. The minimum atomic E-state index is 0.0247. The Bertz CT molecular complexity index is 712. The zero-order valence-corrected chi connectivity index (χ0v) is 13.4. The fourth-order valence-electron chi connectivity index (χ4n) is 3.11. The molecule has 0 unspecified atom stereocenters. The summed E-state index contributed by atoms with van der Waals surface area (Å²) in [4.78, 5) is 13.9. The molecule has 0 saturated carbocycles. The van der Waals surface area contributed by atoms with Gasteiger partial charge in [0.2, 0.25) is 0 Å². The number of nitrogens with two attached hydrogens (primary N) is 1. The fourth-order valence-corrected chi connectivity index (χ4v) is 3.11. The normalized spacial score (nSPS) is 13.5. The number of hydrogen-bond donors (Lipinski definition) is 1. The van der Waals surface area contributed by atoms with Gasteiger partial charge < -0.3 is 15.4 Å². The van der Waals surface area contributed by atoms with Gasteiger partial charge in [0.25, 0.3) is 0 Å². The van der Waals surface area contributed by atoms with Crippen LogP contribution in [0.1, 0.15) is 29.3 Å². The largest absolute Gasteiger partial charge is 0.491 e. The molecule has 120 valence electrons. The van der Waals surface area contributed by atoms with Gasteiger partial charge in [-0.25, -0.2) is 0 Å². The molecule has 2 aromatic rings. The summed E-state index contributed by atoms with van der Waals surface area (Å²) in [7, 11) is 0. The Balaban J connectivity index is 1.67. The third kappa shape index (κ3) is 3.31. The van der Waals surface area contributed by atoms with Gasteiger partial charge in [-0.15, -0.1) is 0 Å². The smallest absolute Gasteiger partial charge is 0.163 e. The Morgan fingerprint density at radius 3 is 2.87 bits per heavy atom. The lowest BCUT2D eigenvalue weighted by Crippen LogP contribution is -2.33. The van der Waals surface area contributed by atoms with Gasteiger partial charge in [0.05, 0.1) is 12.1 Å². The summed E-state index contributed by atoms with van der Waals surface area (Å²) in [5, 5.41) is 0. The molecule has 0 atom stereocenters. The molecule has 0 aromatic heterocycles. The van der Waals surface area contributed by atoms with Crippen LogP contribution in [0.2, 0.25) is 0 Å². The molecule has 0 bridgehead atoms. The number of fused-ring (bicyclic) bond motifs is 1. The Morgan fingerprint density at radius 1 is 1.22 bits per heavy atom. The van der Waals surface area contributed by atoms with E-state index in [0.29, 0.717) is 17.9 Å². The maximum absolute atomic E-state index is 11.6. The van der Waals surface area contributed by atoms with Crippen LogP contribution >= 0.6 is 0 Å². The van der Waals surface area contributed by atoms with E-state index in [1.54, 1.807) is 13.0 Å². The van der Waals surface area contributed by atoms with Crippen LogP contribution in [0.5, 0.6) is 5.75 Å². The highest BCUT2D eigenvalue weighted by Gasteiger charge is 2.18. The summed E-state index contributed by atoms with van der Waals surface area (Å²) >= 11 is 0. The van der Waals surface area contributed by atoms with Gasteiger partial charge in [0, 0.05) is 17.9 Å². The average molecular weight is 310 g/mol. The van der Waals surface area contributed by atoms with Crippen molar-refractivity contribution in [3.63, 3.8) is 0 Å². The quantitative estimate of drug-likeness (QED) is 0.680. The van der Waals surface area contributed by atoms with Gasteiger partial charge in [-0.2, -0.15) is 0 Å². The van der Waals surface area contributed by atoms with Gasteiger partial charge in [-0.3, -0.25) is 4.79 Å². The number of carbonyl (C=O) groups excluding carboxylic acids is 1. The van der Waals surface area contributed by atoms with Gasteiger partial charge in [-0.05, 0) is 49.6 Å². The van der Waals surface area contributed by atoms with Crippen molar-refractivity contribution in [2.45, 2.75) is 19.8 Å². The maximum atomic E-state index is 11.6. The Kier molecular flexibility index (Phi) is 4.51. The highest BCUT2D eigenvalue weighted by atomic mass is 16.5. The minimum Gasteiger partial charge on any atom is -0.491 e. The average Bonchev–Trinajstić information content (AvgIpc) is 2.56. The zero-order chi connectivity index (χ0) is 16.2. The molecule has 1 aliphatic rings. The van der Waals surface area contributed by atoms with Crippen molar-refractivity contribution in [1.82, 2.24) is 0 Å². The van der Waals surface area contributed by atoms with E-state index in [1.165, 1.54) is 11.3 Å². The maximum Gasteiger partial charge on any atom is 0.163 e. The summed E-state index contributed by atoms with van der Waals surface area (Å²) < 4.78 is 5.85. The molecular formula is C19H22N2O2. The van der Waals surface area contributed by atoms with Gasteiger partial charge >= 0.3 is 0 Å². The van der Waals surface area contributed by atoms with Crippen molar-refractivity contribution in [2.24, 2.45) is 0 Å². The van der Waals surface area contributed by atoms with Crippen LogP contribution in [-0.4, -0.2) is 25.5 Å². The van der Waals surface area contributed by atoms with E-state index in [1.807, 2.05) is 30.3 Å². The van der Waals surface area contributed by atoms with Crippen LogP contribution in [0.4, 0.5) is 11.4 Å². The molecule has 4 nitrogen and oxygen atoms in total. The molecule has 1 heterocycles. The molecule has 0 spiro atoms. The van der Waals surface area contributed by atoms with Crippen LogP contribution in [0.3, 0.4) is 0 Å². The van der Waals surface area contributed by atoms with Gasteiger partial charge in [-0.1, -0.05) is 18.2 Å². The summed E-state index contributed by atoms with van der Waals surface area (Å²) in [6, 6.07) is 13.5. The number of anilines is 2. The van der Waals surface area contributed by atoms with Gasteiger partial charge in [0.15, 0.2) is 5.78 Å². The van der Waals surface area contributed by atoms with Gasteiger partial charge in [0.1, 0.15) is 12.4 Å². The molecule has 2 aromatic carbocycles. The number of carbonyl (C=O) groups is 1. The zero-order valence-electron chi connectivity index (χ0n) is 13.4. The summed E-state index contributed by atoms with van der Waals surface area (Å²) in [6.07, 6.45) is 2.14. The van der Waals surface area contributed by atoms with Crippen LogP contribution < -0.4 is 15.4 Å². The number of nitrogens with zero attached hydrogens (tertiary/aromatic N) is 1. The van der Waals surface area contributed by atoms with Crippen molar-refractivity contribution in [3.8, 4) is 5.75 Å². The fraction of sp³-hybridized carbons (Fsp3) is 0.316. The molecular weight excluding hydrogens is 288 g/mol. The highest BCUT2D eigenvalue weighted by Crippen LogP contribution is 2.31. The standard InChI is InChI=1S/C19H22N2O2/c1-14(22)15-6-2-3-10-19(15)23-13-12-21-11-5-7-16-17(20)8-4-9-18(16)21/h2-4,6,8-10H,5,7,11-13,20H2,1H3. The molecule has 0 saturated heterocycles. The number of benzene rings is 2. The van der Waals surface area contributed by atoms with Crippen molar-refractivity contribution >= 4 is 17.2 Å². The Morgan fingerprint density at radius 2 is 2.04 bits per heavy atom. The van der Waals surface area contributed by atoms with E-state index in [4.69, 9.17) is 10.5 Å². The first kappa shape index (κ1) is 15.4. The molecule has 3 rings (SSSR count). The number of ether oxygens (including phenoxy) is 1. The number of rotatable bonds is 5. The first-order valence-corrected chi connectivity index (χ1v) is 8.02. The molecule has 2 N–H and O–H groups in total. The van der Waals surface area contributed by atoms with Crippen molar-refractivity contribution in [1.29, 1.82) is 0 Å². The highest BCUT2D eigenvalue weighted by molar-refractivity contribution is 5.96. The number of ketones is 1. The summed E-state index contributed by atoms with van der Waals surface area (Å²) in [6.45, 7) is 3.89. The lowest BCUT2D eigenvalue weighted by atomic mass is 10.00. The van der Waals surface area contributed by atoms with E-state index >= 15 is 0 Å². The third-order valence-corrected chi connectivity index (χ3v) is 4.27. The SMILES string of the molecule is CC(=O)c1ccccc1OCCN1CCCc2c(N)cccc21. The lowest BCUT2D eigenvalue weighted by molar-refractivity contribution is 0.101. The van der Waals surface area contributed by atoms with E-state index < -0.39 is 0 Å². The second kappa shape index (κ2) is 6.73. The minimum absolute atomic E-state index is 0.0247. The topological polar surface area (TPSA) is 55.6 Å². The molecule has 0 aliphatic carbocycles. The molecule has 0 fully saturated rings. The Hall–Kier alpha value is -2.49. The summed E-state index contributed by atoms with van der Waals surface area (Å²) in [5.74, 6) is 0.682. The molecule has 1 aliphatic heterocycles. The van der Waals surface area contributed by atoms with E-state index in [9.17, 15) is 4.79 Å². The molecule has 0 radical (unpaired) electrons. The lowest BCUT2D eigenvalue weighted by Gasteiger charge is -2.32. The number of nitrogen functional groups attached to an aromatic ring is 1. The molecule has 4 heteroatoms. The van der Waals surface area contributed by atoms with E-state index in [2.05, 4.69) is 11.0 Å². The molecule has 0 amide bonds. The Labute approximate surface area is 136 Å². The van der Waals surface area contributed by atoms with Crippen LogP contribution in [0.15, 0.2) is 42.5 Å². The number of hydrogen-bond acceptors (Lipinski definition) is 4. The van der Waals surface area contributed by atoms with Crippen molar-refractivity contribution < 1.29 is 9.53 Å².